The van der Waals surface area contributed by atoms with Gasteiger partial charge in [0.25, 0.3) is 0 Å². The van der Waals surface area contributed by atoms with E-state index < -0.39 is 6.17 Å². The van der Waals surface area contributed by atoms with Gasteiger partial charge in [-0.15, -0.1) is 0 Å². The second kappa shape index (κ2) is 2.58. The number of rotatable bonds is 1. The molecule has 0 fully saturated rings. The van der Waals surface area contributed by atoms with Crippen LogP contribution in [0, 0.1) is 0 Å². The van der Waals surface area contributed by atoms with Crippen LogP contribution in [0.1, 0.15) is 18.7 Å². The van der Waals surface area contributed by atoms with Gasteiger partial charge in [-0.2, -0.15) is 0 Å². The maximum Gasteiger partial charge on any atom is 0.124 e. The summed E-state index contributed by atoms with van der Waals surface area (Å²) in [6.07, 6.45) is 2.26. The van der Waals surface area contributed by atoms with Gasteiger partial charge in [0.2, 0.25) is 0 Å². The minimum Gasteiger partial charge on any atom is -0.264 e. The molecular formula is C7H8FN. The van der Waals surface area contributed by atoms with E-state index in [2.05, 4.69) is 4.98 Å². The van der Waals surface area contributed by atoms with Crippen molar-refractivity contribution in [2.75, 3.05) is 0 Å². The zero-order valence-corrected chi connectivity index (χ0v) is 5.21. The number of hydrogen-bond acceptors (Lipinski definition) is 1. The Morgan fingerprint density at radius 2 is 2.44 bits per heavy atom. The van der Waals surface area contributed by atoms with Crippen molar-refractivity contribution in [2.24, 2.45) is 0 Å². The summed E-state index contributed by atoms with van der Waals surface area (Å²) in [6, 6.07) is 3.45. The molecule has 0 N–H and O–H groups in total. The number of nitrogens with zero attached hydrogens (tertiary/aromatic N) is 1. The van der Waals surface area contributed by atoms with Crippen molar-refractivity contribution in [3.05, 3.63) is 30.1 Å². The van der Waals surface area contributed by atoms with E-state index in [1.54, 1.807) is 18.3 Å². The van der Waals surface area contributed by atoms with Gasteiger partial charge in [-0.25, -0.2) is 4.39 Å². The number of alkyl halides is 1. The Bertz CT molecular complexity index is 172. The molecular weight excluding hydrogens is 117 g/mol. The van der Waals surface area contributed by atoms with E-state index in [4.69, 9.17) is 0 Å². The van der Waals surface area contributed by atoms with Gasteiger partial charge < -0.3 is 0 Å². The largest absolute Gasteiger partial charge is 0.264 e. The fourth-order valence-electron chi connectivity index (χ4n) is 0.611. The molecule has 1 nitrogen and oxygen atoms in total. The van der Waals surface area contributed by atoms with E-state index in [1.807, 2.05) is 0 Å². The van der Waals surface area contributed by atoms with E-state index in [1.165, 1.54) is 13.1 Å². The Morgan fingerprint density at radius 3 is 2.78 bits per heavy atom. The van der Waals surface area contributed by atoms with Gasteiger partial charge in [-0.3, -0.25) is 4.98 Å². The van der Waals surface area contributed by atoms with Gasteiger partial charge >= 0.3 is 0 Å². The van der Waals surface area contributed by atoms with Gasteiger partial charge in [0.05, 0.1) is 0 Å². The molecule has 1 aromatic heterocycles. The van der Waals surface area contributed by atoms with E-state index in [0.29, 0.717) is 5.56 Å². The second-order valence-corrected chi connectivity index (χ2v) is 1.90. The molecule has 1 aromatic rings. The molecule has 1 heterocycles. The van der Waals surface area contributed by atoms with Gasteiger partial charge in [-0.1, -0.05) is 6.07 Å². The Balaban J connectivity index is 2.85. The summed E-state index contributed by atoms with van der Waals surface area (Å²) in [5, 5.41) is 0. The lowest BCUT2D eigenvalue weighted by molar-refractivity contribution is 0.373. The minimum atomic E-state index is -0.904. The molecule has 0 saturated carbocycles. The van der Waals surface area contributed by atoms with Crippen LogP contribution in [0.5, 0.6) is 0 Å². The van der Waals surface area contributed by atoms with Crippen molar-refractivity contribution in [1.82, 2.24) is 4.98 Å². The SMILES string of the molecule is C[C@H](F)c1cccnc1. The summed E-state index contributed by atoms with van der Waals surface area (Å²) in [7, 11) is 0. The Morgan fingerprint density at radius 1 is 1.67 bits per heavy atom. The fraction of sp³-hybridized carbons (Fsp3) is 0.286. The molecule has 0 aliphatic carbocycles. The number of pyridine rings is 1. The molecule has 48 valence electrons. The van der Waals surface area contributed by atoms with E-state index in [9.17, 15) is 4.39 Å². The molecule has 9 heavy (non-hydrogen) atoms. The lowest BCUT2D eigenvalue weighted by Crippen LogP contribution is -1.84. The molecule has 0 aliphatic heterocycles. The van der Waals surface area contributed by atoms with Gasteiger partial charge in [0, 0.05) is 18.0 Å². The summed E-state index contributed by atoms with van der Waals surface area (Å²) in [5.41, 5.74) is 0.637. The van der Waals surface area contributed by atoms with Crippen LogP contribution in [-0.2, 0) is 0 Å². The summed E-state index contributed by atoms with van der Waals surface area (Å²) >= 11 is 0. The molecule has 0 amide bonds. The van der Waals surface area contributed by atoms with Crippen LogP contribution >= 0.6 is 0 Å². The standard InChI is InChI=1S/C7H8FN/c1-6(8)7-3-2-4-9-5-7/h2-6H,1H3/t6-/m0/s1. The quantitative estimate of drug-likeness (QED) is 0.560. The Kier molecular flexibility index (Phi) is 1.78. The van der Waals surface area contributed by atoms with E-state index in [-0.39, 0.29) is 0 Å². The first-order valence-corrected chi connectivity index (χ1v) is 2.84. The Labute approximate surface area is 53.5 Å². The second-order valence-electron chi connectivity index (χ2n) is 1.90. The summed E-state index contributed by atoms with van der Waals surface area (Å²) < 4.78 is 12.4. The van der Waals surface area contributed by atoms with Crippen molar-refractivity contribution in [2.45, 2.75) is 13.1 Å². The first-order valence-electron chi connectivity index (χ1n) is 2.84. The topological polar surface area (TPSA) is 12.9 Å². The zero-order valence-electron chi connectivity index (χ0n) is 5.21. The highest BCUT2D eigenvalue weighted by molar-refractivity contribution is 5.10. The molecule has 0 aliphatic rings. The van der Waals surface area contributed by atoms with Crippen molar-refractivity contribution in [1.29, 1.82) is 0 Å². The predicted molar refractivity (Wildman–Crippen MR) is 33.8 cm³/mol. The van der Waals surface area contributed by atoms with E-state index >= 15 is 0 Å². The molecule has 0 saturated heterocycles. The van der Waals surface area contributed by atoms with Crippen LogP contribution in [0.4, 0.5) is 4.39 Å². The zero-order chi connectivity index (χ0) is 6.69. The molecule has 0 unspecified atom stereocenters. The normalized spacial score (nSPS) is 13.1. The maximum atomic E-state index is 12.4. The van der Waals surface area contributed by atoms with Crippen LogP contribution in [0.2, 0.25) is 0 Å². The predicted octanol–water partition coefficient (Wildman–Crippen LogP) is 2.11. The third-order valence-electron chi connectivity index (χ3n) is 1.14. The Hall–Kier alpha value is -0.920. The monoisotopic (exact) mass is 125 g/mol. The van der Waals surface area contributed by atoms with Gasteiger partial charge in [-0.05, 0) is 13.0 Å². The lowest BCUT2D eigenvalue weighted by Gasteiger charge is -1.97. The van der Waals surface area contributed by atoms with Crippen molar-refractivity contribution in [3.8, 4) is 0 Å². The third-order valence-corrected chi connectivity index (χ3v) is 1.14. The summed E-state index contributed by atoms with van der Waals surface area (Å²) in [5.74, 6) is 0. The van der Waals surface area contributed by atoms with Crippen LogP contribution in [0.15, 0.2) is 24.5 Å². The van der Waals surface area contributed by atoms with Crippen LogP contribution < -0.4 is 0 Å². The highest BCUT2D eigenvalue weighted by atomic mass is 19.1. The van der Waals surface area contributed by atoms with Gasteiger partial charge in [0.1, 0.15) is 6.17 Å². The molecule has 0 radical (unpaired) electrons. The molecule has 0 spiro atoms. The minimum absolute atomic E-state index is 0.637. The summed E-state index contributed by atoms with van der Waals surface area (Å²) in [6.45, 7) is 1.50. The smallest absolute Gasteiger partial charge is 0.124 e. The van der Waals surface area contributed by atoms with Crippen LogP contribution in [0.25, 0.3) is 0 Å². The summed E-state index contributed by atoms with van der Waals surface area (Å²) in [4.78, 5) is 3.77. The maximum absolute atomic E-state index is 12.4. The molecule has 2 heteroatoms. The fourth-order valence-corrected chi connectivity index (χ4v) is 0.611. The van der Waals surface area contributed by atoms with Crippen molar-refractivity contribution >= 4 is 0 Å². The van der Waals surface area contributed by atoms with Crippen LogP contribution in [0.3, 0.4) is 0 Å². The molecule has 0 bridgehead atoms. The number of hydrogen-bond donors (Lipinski definition) is 0. The lowest BCUT2D eigenvalue weighted by atomic mass is 10.2. The first-order chi connectivity index (χ1) is 4.30. The van der Waals surface area contributed by atoms with Crippen LogP contribution in [-0.4, -0.2) is 4.98 Å². The molecule has 1 atom stereocenters. The highest BCUT2D eigenvalue weighted by Gasteiger charge is 1.98. The van der Waals surface area contributed by atoms with Crippen molar-refractivity contribution < 1.29 is 4.39 Å². The average molecular weight is 125 g/mol. The third kappa shape index (κ3) is 1.49. The average Bonchev–Trinajstić information content (AvgIpc) is 1.90. The number of halogens is 1. The number of aromatic nitrogens is 1. The first kappa shape index (κ1) is 6.20. The van der Waals surface area contributed by atoms with Gasteiger partial charge in [0.15, 0.2) is 0 Å². The molecule has 1 rings (SSSR count). The van der Waals surface area contributed by atoms with Crippen molar-refractivity contribution in [3.63, 3.8) is 0 Å². The highest BCUT2D eigenvalue weighted by Crippen LogP contribution is 2.12. The van der Waals surface area contributed by atoms with E-state index in [0.717, 1.165) is 0 Å². The molecule has 0 aromatic carbocycles.